The molecule has 0 saturated heterocycles. The zero-order valence-corrected chi connectivity index (χ0v) is 14.9. The van der Waals surface area contributed by atoms with Crippen molar-refractivity contribution in [2.45, 2.75) is 6.92 Å². The van der Waals surface area contributed by atoms with Gasteiger partial charge in [0.25, 0.3) is 5.91 Å². The fourth-order valence-corrected chi connectivity index (χ4v) is 2.57. The van der Waals surface area contributed by atoms with Crippen LogP contribution in [0.1, 0.15) is 5.69 Å². The van der Waals surface area contributed by atoms with Crippen molar-refractivity contribution < 1.29 is 19.0 Å². The molecular formula is C20H20N2O4. The molecule has 0 atom stereocenters. The number of amides is 1. The molecule has 0 fully saturated rings. The Hall–Kier alpha value is -3.28. The topological polar surface area (TPSA) is 69.7 Å². The van der Waals surface area contributed by atoms with Crippen LogP contribution in [-0.4, -0.2) is 31.7 Å². The number of ether oxygens (including phenoxy) is 3. The Labute approximate surface area is 151 Å². The maximum atomic E-state index is 12.3. The quantitative estimate of drug-likeness (QED) is 0.734. The van der Waals surface area contributed by atoms with Crippen molar-refractivity contribution in [3.63, 3.8) is 0 Å². The van der Waals surface area contributed by atoms with Crippen LogP contribution in [-0.2, 0) is 4.79 Å². The van der Waals surface area contributed by atoms with E-state index < -0.39 is 0 Å². The van der Waals surface area contributed by atoms with Gasteiger partial charge in [-0.05, 0) is 31.2 Å². The minimum atomic E-state index is -0.293. The summed E-state index contributed by atoms with van der Waals surface area (Å²) < 4.78 is 16.1. The van der Waals surface area contributed by atoms with E-state index in [0.717, 1.165) is 16.6 Å². The smallest absolute Gasteiger partial charge is 0.262 e. The van der Waals surface area contributed by atoms with E-state index in [1.165, 1.54) is 7.11 Å². The molecule has 134 valence electrons. The zero-order chi connectivity index (χ0) is 18.5. The SMILES string of the molecule is COc1ccc(NC(=O)COc2cccc3ccc(C)nc23)c(OC)c1. The van der Waals surface area contributed by atoms with Gasteiger partial charge in [0.15, 0.2) is 6.61 Å². The number of para-hydroxylation sites is 1. The fraction of sp³-hybridized carbons (Fsp3) is 0.200. The summed E-state index contributed by atoms with van der Waals surface area (Å²) in [5.41, 5.74) is 2.18. The van der Waals surface area contributed by atoms with Crippen LogP contribution in [0.5, 0.6) is 17.2 Å². The molecule has 2 aromatic carbocycles. The molecule has 0 bridgehead atoms. The maximum absolute atomic E-state index is 12.3. The number of carbonyl (C=O) groups excluding carboxylic acids is 1. The van der Waals surface area contributed by atoms with Crippen molar-refractivity contribution in [1.29, 1.82) is 0 Å². The second-order valence-electron chi connectivity index (χ2n) is 5.68. The molecule has 0 aliphatic carbocycles. The molecule has 0 spiro atoms. The highest BCUT2D eigenvalue weighted by Gasteiger charge is 2.11. The first-order chi connectivity index (χ1) is 12.6. The lowest BCUT2D eigenvalue weighted by Crippen LogP contribution is -2.20. The predicted octanol–water partition coefficient (Wildman–Crippen LogP) is 3.58. The first-order valence-corrected chi connectivity index (χ1v) is 8.12. The number of aromatic nitrogens is 1. The number of nitrogens with zero attached hydrogens (tertiary/aromatic N) is 1. The van der Waals surface area contributed by atoms with Gasteiger partial charge in [-0.1, -0.05) is 18.2 Å². The maximum Gasteiger partial charge on any atom is 0.262 e. The minimum Gasteiger partial charge on any atom is -0.497 e. The molecule has 0 unspecified atom stereocenters. The van der Waals surface area contributed by atoms with E-state index in [1.54, 1.807) is 31.4 Å². The predicted molar refractivity (Wildman–Crippen MR) is 100 cm³/mol. The van der Waals surface area contributed by atoms with Crippen molar-refractivity contribution in [3.8, 4) is 17.2 Å². The highest BCUT2D eigenvalue weighted by Crippen LogP contribution is 2.29. The Morgan fingerprint density at radius 1 is 1.04 bits per heavy atom. The van der Waals surface area contributed by atoms with Crippen molar-refractivity contribution >= 4 is 22.5 Å². The van der Waals surface area contributed by atoms with E-state index in [2.05, 4.69) is 10.3 Å². The van der Waals surface area contributed by atoms with Crippen molar-refractivity contribution in [2.75, 3.05) is 26.1 Å². The number of methoxy groups -OCH3 is 2. The van der Waals surface area contributed by atoms with Gasteiger partial charge in [0.2, 0.25) is 0 Å². The van der Waals surface area contributed by atoms with Gasteiger partial charge in [-0.2, -0.15) is 0 Å². The van der Waals surface area contributed by atoms with E-state index in [-0.39, 0.29) is 12.5 Å². The molecule has 1 aromatic heterocycles. The van der Waals surface area contributed by atoms with Gasteiger partial charge in [-0.25, -0.2) is 4.98 Å². The van der Waals surface area contributed by atoms with Crippen molar-refractivity contribution in [1.82, 2.24) is 4.98 Å². The number of rotatable bonds is 6. The molecule has 6 nitrogen and oxygen atoms in total. The third-order valence-corrected chi connectivity index (χ3v) is 3.86. The van der Waals surface area contributed by atoms with Gasteiger partial charge in [0, 0.05) is 17.1 Å². The average Bonchev–Trinajstić information content (AvgIpc) is 2.66. The first kappa shape index (κ1) is 17.5. The molecule has 1 N–H and O–H groups in total. The molecule has 0 radical (unpaired) electrons. The van der Waals surface area contributed by atoms with Crippen LogP contribution in [0.3, 0.4) is 0 Å². The van der Waals surface area contributed by atoms with Crippen LogP contribution in [0.4, 0.5) is 5.69 Å². The summed E-state index contributed by atoms with van der Waals surface area (Å²) in [6.45, 7) is 1.78. The summed E-state index contributed by atoms with van der Waals surface area (Å²) in [6.07, 6.45) is 0. The lowest BCUT2D eigenvalue weighted by molar-refractivity contribution is -0.118. The average molecular weight is 352 g/mol. The number of hydrogen-bond acceptors (Lipinski definition) is 5. The molecule has 0 aliphatic rings. The van der Waals surface area contributed by atoms with Gasteiger partial charge >= 0.3 is 0 Å². The summed E-state index contributed by atoms with van der Waals surface area (Å²) >= 11 is 0. The van der Waals surface area contributed by atoms with Crippen LogP contribution >= 0.6 is 0 Å². The summed E-state index contributed by atoms with van der Waals surface area (Å²) in [7, 11) is 3.10. The number of benzene rings is 2. The normalized spacial score (nSPS) is 10.4. The van der Waals surface area contributed by atoms with Crippen LogP contribution in [0.25, 0.3) is 10.9 Å². The zero-order valence-electron chi connectivity index (χ0n) is 14.9. The third-order valence-electron chi connectivity index (χ3n) is 3.86. The van der Waals surface area contributed by atoms with E-state index >= 15 is 0 Å². The molecule has 0 aliphatic heterocycles. The Kier molecular flexibility index (Phi) is 5.22. The second kappa shape index (κ2) is 7.74. The molecular weight excluding hydrogens is 332 g/mol. The van der Waals surface area contributed by atoms with Crippen molar-refractivity contribution in [3.05, 3.63) is 54.2 Å². The lowest BCUT2D eigenvalue weighted by atomic mass is 10.2. The highest BCUT2D eigenvalue weighted by atomic mass is 16.5. The van der Waals surface area contributed by atoms with E-state index in [0.29, 0.717) is 22.9 Å². The Balaban J connectivity index is 1.71. The summed E-state index contributed by atoms with van der Waals surface area (Å²) in [6, 6.07) is 14.7. The fourth-order valence-electron chi connectivity index (χ4n) is 2.57. The van der Waals surface area contributed by atoms with Gasteiger partial charge in [0.05, 0.1) is 19.9 Å². The second-order valence-corrected chi connectivity index (χ2v) is 5.68. The number of fused-ring (bicyclic) bond motifs is 1. The number of carbonyl (C=O) groups is 1. The Morgan fingerprint density at radius 3 is 2.65 bits per heavy atom. The molecule has 3 rings (SSSR count). The number of anilines is 1. The minimum absolute atomic E-state index is 0.135. The molecule has 6 heteroatoms. The summed E-state index contributed by atoms with van der Waals surface area (Å²) in [5, 5.41) is 3.74. The van der Waals surface area contributed by atoms with Crippen LogP contribution < -0.4 is 19.5 Å². The highest BCUT2D eigenvalue weighted by molar-refractivity contribution is 5.94. The number of aryl methyl sites for hydroxylation is 1. The van der Waals surface area contributed by atoms with E-state index in [1.807, 2.05) is 31.2 Å². The van der Waals surface area contributed by atoms with Gasteiger partial charge in [-0.15, -0.1) is 0 Å². The van der Waals surface area contributed by atoms with Gasteiger partial charge in [-0.3, -0.25) is 4.79 Å². The number of pyridine rings is 1. The lowest BCUT2D eigenvalue weighted by Gasteiger charge is -2.12. The molecule has 1 amide bonds. The number of nitrogens with one attached hydrogen (secondary N) is 1. The van der Waals surface area contributed by atoms with E-state index in [9.17, 15) is 4.79 Å². The Bertz CT molecular complexity index is 940. The van der Waals surface area contributed by atoms with E-state index in [4.69, 9.17) is 14.2 Å². The van der Waals surface area contributed by atoms with Crippen LogP contribution in [0, 0.1) is 6.92 Å². The molecule has 1 heterocycles. The molecule has 0 saturated carbocycles. The Morgan fingerprint density at radius 2 is 1.88 bits per heavy atom. The van der Waals surface area contributed by atoms with Gasteiger partial charge in [0.1, 0.15) is 22.8 Å². The van der Waals surface area contributed by atoms with Crippen molar-refractivity contribution in [2.24, 2.45) is 0 Å². The van der Waals surface area contributed by atoms with Crippen LogP contribution in [0.2, 0.25) is 0 Å². The number of hydrogen-bond donors (Lipinski definition) is 1. The van der Waals surface area contributed by atoms with Gasteiger partial charge < -0.3 is 19.5 Å². The van der Waals surface area contributed by atoms with Crippen LogP contribution in [0.15, 0.2) is 48.5 Å². The third kappa shape index (κ3) is 3.85. The summed E-state index contributed by atoms with van der Waals surface area (Å²) in [4.78, 5) is 16.8. The molecule has 26 heavy (non-hydrogen) atoms. The monoisotopic (exact) mass is 352 g/mol. The summed E-state index contributed by atoms with van der Waals surface area (Å²) in [5.74, 6) is 1.44. The largest absolute Gasteiger partial charge is 0.497 e. The molecule has 3 aromatic rings. The standard InChI is InChI=1S/C20H20N2O4/c1-13-7-8-14-5-4-6-17(20(14)21-13)26-12-19(23)22-16-10-9-15(24-2)11-18(16)25-3/h4-11H,12H2,1-3H3,(H,22,23). The first-order valence-electron chi connectivity index (χ1n) is 8.12.